The molecule has 0 aliphatic carbocycles. The van der Waals surface area contributed by atoms with Crippen LogP contribution in [0, 0.1) is 0 Å². The molecule has 1 N–H and O–H groups in total. The molecule has 1 heterocycles. The van der Waals surface area contributed by atoms with Crippen LogP contribution in [-0.4, -0.2) is 10.6 Å². The Morgan fingerprint density at radius 1 is 1.05 bits per heavy atom. The van der Waals surface area contributed by atoms with Crippen LogP contribution in [-0.2, 0) is 5.92 Å². The molecule has 0 bridgehead atoms. The lowest BCUT2D eigenvalue weighted by Gasteiger charge is -2.22. The summed E-state index contributed by atoms with van der Waals surface area (Å²) in [5.74, 6) is -2.75. The van der Waals surface area contributed by atoms with Gasteiger partial charge in [0.2, 0.25) is 0 Å². The zero-order chi connectivity index (χ0) is 16.5. The number of ether oxygens (including phenoxy) is 1. The van der Waals surface area contributed by atoms with Gasteiger partial charge in [0.05, 0.1) is 5.69 Å². The summed E-state index contributed by atoms with van der Waals surface area (Å²) in [6.07, 6.45) is 0. The van der Waals surface area contributed by atoms with Gasteiger partial charge in [-0.05, 0) is 20.8 Å². The standard InChI is InChI=1S/C17H19F2NO2/c1-16(2,3)22-15-10-11(21)9-14(20-15)12-7-5-6-8-13(12)17(4,18)19/h5-10H,1-4H3,(H,20,21). The van der Waals surface area contributed by atoms with Crippen molar-refractivity contribution in [1.29, 1.82) is 0 Å². The van der Waals surface area contributed by atoms with E-state index in [4.69, 9.17) is 4.74 Å². The van der Waals surface area contributed by atoms with Crippen LogP contribution in [0.25, 0.3) is 11.3 Å². The Balaban J connectivity index is 2.57. The van der Waals surface area contributed by atoms with Gasteiger partial charge in [0.15, 0.2) is 11.3 Å². The van der Waals surface area contributed by atoms with Crippen LogP contribution in [0.15, 0.2) is 41.2 Å². The van der Waals surface area contributed by atoms with Gasteiger partial charge in [0.25, 0.3) is 5.92 Å². The van der Waals surface area contributed by atoms with E-state index in [1.807, 2.05) is 20.8 Å². The molecule has 0 aliphatic rings. The average molecular weight is 307 g/mol. The Labute approximate surface area is 128 Å². The number of hydrogen-bond acceptors (Lipinski definition) is 2. The number of alkyl halides is 2. The zero-order valence-corrected chi connectivity index (χ0v) is 13.0. The number of aromatic amines is 1. The van der Waals surface area contributed by atoms with Crippen LogP contribution in [0.3, 0.4) is 0 Å². The maximum Gasteiger partial charge on any atom is 0.271 e. The normalized spacial score (nSPS) is 12.3. The van der Waals surface area contributed by atoms with E-state index in [9.17, 15) is 13.6 Å². The molecule has 2 aromatic rings. The Kier molecular flexibility index (Phi) is 4.09. The predicted octanol–water partition coefficient (Wildman–Crippen LogP) is 4.33. The molecule has 118 valence electrons. The maximum absolute atomic E-state index is 13.7. The van der Waals surface area contributed by atoms with Crippen LogP contribution in [0.4, 0.5) is 8.78 Å². The van der Waals surface area contributed by atoms with Gasteiger partial charge >= 0.3 is 0 Å². The largest absolute Gasteiger partial charge is 0.473 e. The third kappa shape index (κ3) is 3.93. The first kappa shape index (κ1) is 16.2. The van der Waals surface area contributed by atoms with E-state index in [0.29, 0.717) is 5.69 Å². The van der Waals surface area contributed by atoms with Crippen molar-refractivity contribution >= 4 is 0 Å². The smallest absolute Gasteiger partial charge is 0.271 e. The molecular formula is C17H19F2NO2. The topological polar surface area (TPSA) is 42.1 Å². The molecule has 0 atom stereocenters. The SMILES string of the molecule is CC(C)(C)Oc1cc(=O)cc(-c2ccccc2C(C)(F)F)[nH]1. The predicted molar refractivity (Wildman–Crippen MR) is 82.4 cm³/mol. The second-order valence-corrected chi connectivity index (χ2v) is 6.24. The van der Waals surface area contributed by atoms with Crippen molar-refractivity contribution in [3.05, 3.63) is 52.2 Å². The summed E-state index contributed by atoms with van der Waals surface area (Å²) in [5, 5.41) is 0. The highest BCUT2D eigenvalue weighted by Crippen LogP contribution is 2.34. The van der Waals surface area contributed by atoms with E-state index in [1.54, 1.807) is 18.2 Å². The fourth-order valence-corrected chi connectivity index (χ4v) is 2.15. The van der Waals surface area contributed by atoms with Gasteiger partial charge < -0.3 is 9.72 Å². The van der Waals surface area contributed by atoms with E-state index in [0.717, 1.165) is 6.92 Å². The monoisotopic (exact) mass is 307 g/mol. The molecule has 2 rings (SSSR count). The lowest BCUT2D eigenvalue weighted by molar-refractivity contribution is 0.0180. The molecule has 0 amide bonds. The van der Waals surface area contributed by atoms with E-state index >= 15 is 0 Å². The number of H-pyrrole nitrogens is 1. The Hall–Kier alpha value is -2.17. The molecular weight excluding hydrogens is 288 g/mol. The van der Waals surface area contributed by atoms with Crippen molar-refractivity contribution in [1.82, 2.24) is 4.98 Å². The lowest BCUT2D eigenvalue weighted by Crippen LogP contribution is -2.24. The quantitative estimate of drug-likeness (QED) is 0.917. The van der Waals surface area contributed by atoms with E-state index in [2.05, 4.69) is 4.98 Å². The molecule has 0 fully saturated rings. The van der Waals surface area contributed by atoms with Gasteiger partial charge in [-0.1, -0.05) is 24.3 Å². The van der Waals surface area contributed by atoms with Gasteiger partial charge in [0, 0.05) is 30.2 Å². The second-order valence-electron chi connectivity index (χ2n) is 6.24. The Morgan fingerprint density at radius 3 is 2.27 bits per heavy atom. The summed E-state index contributed by atoms with van der Waals surface area (Å²) >= 11 is 0. The third-order valence-corrected chi connectivity index (χ3v) is 2.92. The first-order chi connectivity index (χ1) is 10.1. The van der Waals surface area contributed by atoms with Crippen LogP contribution in [0.1, 0.15) is 33.3 Å². The minimum Gasteiger partial charge on any atom is -0.473 e. The van der Waals surface area contributed by atoms with Crippen molar-refractivity contribution in [3.63, 3.8) is 0 Å². The summed E-state index contributed by atoms with van der Waals surface area (Å²) in [4.78, 5) is 14.8. The first-order valence-corrected chi connectivity index (χ1v) is 6.97. The zero-order valence-electron chi connectivity index (χ0n) is 13.0. The summed E-state index contributed by atoms with van der Waals surface area (Å²) in [6, 6.07) is 8.70. The average Bonchev–Trinajstić information content (AvgIpc) is 2.35. The van der Waals surface area contributed by atoms with Gasteiger partial charge in [-0.3, -0.25) is 4.79 Å². The molecule has 0 saturated heterocycles. The van der Waals surface area contributed by atoms with Crippen LogP contribution >= 0.6 is 0 Å². The Morgan fingerprint density at radius 2 is 1.68 bits per heavy atom. The highest BCUT2D eigenvalue weighted by atomic mass is 19.3. The second kappa shape index (κ2) is 5.55. The van der Waals surface area contributed by atoms with E-state index in [1.165, 1.54) is 18.2 Å². The number of benzene rings is 1. The number of aromatic nitrogens is 1. The third-order valence-electron chi connectivity index (χ3n) is 2.92. The first-order valence-electron chi connectivity index (χ1n) is 6.97. The number of rotatable bonds is 3. The highest BCUT2D eigenvalue weighted by Gasteiger charge is 2.28. The number of hydrogen-bond donors (Lipinski definition) is 1. The highest BCUT2D eigenvalue weighted by molar-refractivity contribution is 5.65. The van der Waals surface area contributed by atoms with Crippen molar-refractivity contribution in [2.75, 3.05) is 0 Å². The molecule has 0 saturated carbocycles. The van der Waals surface area contributed by atoms with Gasteiger partial charge in [-0.2, -0.15) is 0 Å². The molecule has 5 heteroatoms. The minimum absolute atomic E-state index is 0.140. The van der Waals surface area contributed by atoms with Gasteiger partial charge in [0.1, 0.15) is 5.60 Å². The molecule has 0 unspecified atom stereocenters. The number of halogens is 2. The lowest BCUT2D eigenvalue weighted by atomic mass is 9.99. The number of nitrogens with one attached hydrogen (secondary N) is 1. The van der Waals surface area contributed by atoms with Crippen molar-refractivity contribution in [3.8, 4) is 17.1 Å². The minimum atomic E-state index is -3.01. The molecule has 0 spiro atoms. The van der Waals surface area contributed by atoms with E-state index < -0.39 is 11.5 Å². The fraction of sp³-hybridized carbons (Fsp3) is 0.353. The van der Waals surface area contributed by atoms with Crippen LogP contribution in [0.5, 0.6) is 5.88 Å². The number of pyridine rings is 1. The molecule has 0 aliphatic heterocycles. The van der Waals surface area contributed by atoms with Crippen molar-refractivity contribution in [2.45, 2.75) is 39.2 Å². The van der Waals surface area contributed by atoms with Gasteiger partial charge in [-0.15, -0.1) is 0 Å². The molecule has 1 aromatic heterocycles. The summed E-state index contributed by atoms with van der Waals surface area (Å²) in [6.45, 7) is 6.35. The summed E-state index contributed by atoms with van der Waals surface area (Å²) in [5.41, 5.74) is -0.355. The van der Waals surface area contributed by atoms with E-state index in [-0.39, 0.29) is 22.4 Å². The molecule has 22 heavy (non-hydrogen) atoms. The van der Waals surface area contributed by atoms with Crippen LogP contribution < -0.4 is 10.2 Å². The summed E-state index contributed by atoms with van der Waals surface area (Å²) < 4.78 is 33.1. The summed E-state index contributed by atoms with van der Waals surface area (Å²) in [7, 11) is 0. The van der Waals surface area contributed by atoms with Crippen molar-refractivity contribution in [2.24, 2.45) is 0 Å². The van der Waals surface area contributed by atoms with Crippen molar-refractivity contribution < 1.29 is 13.5 Å². The molecule has 1 aromatic carbocycles. The van der Waals surface area contributed by atoms with Gasteiger partial charge in [-0.25, -0.2) is 8.78 Å². The fourth-order valence-electron chi connectivity index (χ4n) is 2.15. The molecule has 0 radical (unpaired) electrons. The Bertz CT molecular complexity index is 724. The molecule has 3 nitrogen and oxygen atoms in total. The maximum atomic E-state index is 13.7. The van der Waals surface area contributed by atoms with Crippen LogP contribution in [0.2, 0.25) is 0 Å².